The lowest BCUT2D eigenvalue weighted by atomic mass is 10.2. The highest BCUT2D eigenvalue weighted by molar-refractivity contribution is 5.39. The zero-order chi connectivity index (χ0) is 14.0. The smallest absolute Gasteiger partial charge is 0.161 e. The highest BCUT2D eigenvalue weighted by atomic mass is 16.5. The molecule has 0 unspecified atom stereocenters. The van der Waals surface area contributed by atoms with Gasteiger partial charge in [-0.3, -0.25) is 0 Å². The molecule has 2 aromatic carbocycles. The standard InChI is InChI=1S/C18H22O2/c1-2-3-9-14-19-17-12-7-8-13-18(17)20-15-16-10-5-4-6-11-16/h4-8,10-13H,2-3,9,14-15H2,1H3. The Balaban J connectivity index is 1.90. The van der Waals surface area contributed by atoms with Crippen LogP contribution in [0.2, 0.25) is 0 Å². The highest BCUT2D eigenvalue weighted by Crippen LogP contribution is 2.27. The molecule has 20 heavy (non-hydrogen) atoms. The molecular weight excluding hydrogens is 248 g/mol. The maximum absolute atomic E-state index is 5.86. The van der Waals surface area contributed by atoms with E-state index in [4.69, 9.17) is 9.47 Å². The summed E-state index contributed by atoms with van der Waals surface area (Å²) >= 11 is 0. The Kier molecular flexibility index (Phi) is 5.97. The van der Waals surface area contributed by atoms with Crippen molar-refractivity contribution in [2.24, 2.45) is 0 Å². The molecule has 0 atom stereocenters. The number of ether oxygens (including phenoxy) is 2. The number of rotatable bonds is 8. The van der Waals surface area contributed by atoms with Crippen LogP contribution in [0.15, 0.2) is 54.6 Å². The number of benzene rings is 2. The Morgan fingerprint density at radius 3 is 2.10 bits per heavy atom. The van der Waals surface area contributed by atoms with Crippen molar-refractivity contribution in [1.82, 2.24) is 0 Å². The van der Waals surface area contributed by atoms with E-state index in [1.54, 1.807) is 0 Å². The van der Waals surface area contributed by atoms with Crippen LogP contribution in [-0.4, -0.2) is 6.61 Å². The van der Waals surface area contributed by atoms with Crippen molar-refractivity contribution >= 4 is 0 Å². The fraction of sp³-hybridized carbons (Fsp3) is 0.333. The van der Waals surface area contributed by atoms with Crippen molar-refractivity contribution in [3.63, 3.8) is 0 Å². The summed E-state index contributed by atoms with van der Waals surface area (Å²) in [7, 11) is 0. The Morgan fingerprint density at radius 1 is 0.750 bits per heavy atom. The zero-order valence-electron chi connectivity index (χ0n) is 12.0. The molecule has 0 spiro atoms. The van der Waals surface area contributed by atoms with Crippen molar-refractivity contribution < 1.29 is 9.47 Å². The Morgan fingerprint density at radius 2 is 1.40 bits per heavy atom. The third-order valence-electron chi connectivity index (χ3n) is 3.09. The summed E-state index contributed by atoms with van der Waals surface area (Å²) in [6.45, 7) is 3.51. The van der Waals surface area contributed by atoms with E-state index in [2.05, 4.69) is 19.1 Å². The summed E-state index contributed by atoms with van der Waals surface area (Å²) in [4.78, 5) is 0. The lowest BCUT2D eigenvalue weighted by Crippen LogP contribution is -2.01. The van der Waals surface area contributed by atoms with Gasteiger partial charge >= 0.3 is 0 Å². The summed E-state index contributed by atoms with van der Waals surface area (Å²) in [5.41, 5.74) is 1.16. The van der Waals surface area contributed by atoms with E-state index in [1.165, 1.54) is 12.8 Å². The minimum atomic E-state index is 0.566. The van der Waals surface area contributed by atoms with Crippen molar-refractivity contribution in [2.75, 3.05) is 6.61 Å². The second-order valence-electron chi connectivity index (χ2n) is 4.78. The lowest BCUT2D eigenvalue weighted by molar-refractivity contribution is 0.258. The van der Waals surface area contributed by atoms with Crippen molar-refractivity contribution in [2.45, 2.75) is 32.8 Å². The summed E-state index contributed by atoms with van der Waals surface area (Å²) in [5.74, 6) is 1.65. The maximum atomic E-state index is 5.86. The van der Waals surface area contributed by atoms with Crippen LogP contribution in [0, 0.1) is 0 Å². The van der Waals surface area contributed by atoms with Crippen LogP contribution in [0.3, 0.4) is 0 Å². The predicted octanol–water partition coefficient (Wildman–Crippen LogP) is 4.83. The molecule has 0 aliphatic carbocycles. The van der Waals surface area contributed by atoms with E-state index in [1.807, 2.05) is 42.5 Å². The summed E-state index contributed by atoms with van der Waals surface area (Å²) in [6.07, 6.45) is 3.49. The monoisotopic (exact) mass is 270 g/mol. The summed E-state index contributed by atoms with van der Waals surface area (Å²) in [5, 5.41) is 0. The Hall–Kier alpha value is -1.96. The van der Waals surface area contributed by atoms with Gasteiger partial charge in [-0.25, -0.2) is 0 Å². The summed E-state index contributed by atoms with van der Waals surface area (Å²) < 4.78 is 11.7. The molecule has 0 bridgehead atoms. The van der Waals surface area contributed by atoms with Gasteiger partial charge in [0.25, 0.3) is 0 Å². The number of hydrogen-bond acceptors (Lipinski definition) is 2. The SMILES string of the molecule is CCCCCOc1ccccc1OCc1ccccc1. The second kappa shape index (κ2) is 8.26. The first-order valence-corrected chi connectivity index (χ1v) is 7.28. The maximum Gasteiger partial charge on any atom is 0.161 e. The lowest BCUT2D eigenvalue weighted by Gasteiger charge is -2.12. The molecule has 0 aliphatic heterocycles. The Labute approximate surface area is 121 Å². The highest BCUT2D eigenvalue weighted by Gasteiger charge is 2.04. The minimum absolute atomic E-state index is 0.566. The number of hydrogen-bond donors (Lipinski definition) is 0. The molecule has 0 saturated carbocycles. The first kappa shape index (κ1) is 14.4. The Bertz CT molecular complexity index is 494. The molecule has 0 heterocycles. The molecule has 0 fully saturated rings. The van der Waals surface area contributed by atoms with Crippen LogP contribution in [0.25, 0.3) is 0 Å². The molecule has 106 valence electrons. The quantitative estimate of drug-likeness (QED) is 0.639. The van der Waals surface area contributed by atoms with E-state index >= 15 is 0 Å². The number of unbranched alkanes of at least 4 members (excludes halogenated alkanes) is 2. The normalized spacial score (nSPS) is 10.2. The molecule has 2 nitrogen and oxygen atoms in total. The first-order chi connectivity index (χ1) is 9.90. The van der Waals surface area contributed by atoms with Crippen LogP contribution >= 0.6 is 0 Å². The first-order valence-electron chi connectivity index (χ1n) is 7.28. The van der Waals surface area contributed by atoms with E-state index in [0.29, 0.717) is 6.61 Å². The van der Waals surface area contributed by atoms with Crippen LogP contribution in [0.1, 0.15) is 31.7 Å². The fourth-order valence-corrected chi connectivity index (χ4v) is 1.96. The van der Waals surface area contributed by atoms with E-state index in [-0.39, 0.29) is 0 Å². The van der Waals surface area contributed by atoms with Gasteiger partial charge in [0.1, 0.15) is 6.61 Å². The molecule has 0 aromatic heterocycles. The van der Waals surface area contributed by atoms with Gasteiger partial charge in [0.2, 0.25) is 0 Å². The average molecular weight is 270 g/mol. The van der Waals surface area contributed by atoms with Gasteiger partial charge in [-0.2, -0.15) is 0 Å². The molecule has 0 N–H and O–H groups in total. The molecule has 2 heteroatoms. The fourth-order valence-electron chi connectivity index (χ4n) is 1.96. The predicted molar refractivity (Wildman–Crippen MR) is 82.2 cm³/mol. The van der Waals surface area contributed by atoms with Crippen molar-refractivity contribution in [1.29, 1.82) is 0 Å². The van der Waals surface area contributed by atoms with E-state index < -0.39 is 0 Å². The van der Waals surface area contributed by atoms with Gasteiger partial charge in [-0.1, -0.05) is 62.2 Å². The van der Waals surface area contributed by atoms with Gasteiger partial charge in [0.05, 0.1) is 6.61 Å². The molecule has 0 saturated heterocycles. The van der Waals surface area contributed by atoms with E-state index in [9.17, 15) is 0 Å². The van der Waals surface area contributed by atoms with Gasteiger partial charge < -0.3 is 9.47 Å². The van der Waals surface area contributed by atoms with Gasteiger partial charge in [0.15, 0.2) is 11.5 Å². The van der Waals surface area contributed by atoms with Gasteiger partial charge in [0, 0.05) is 0 Å². The number of para-hydroxylation sites is 2. The second-order valence-corrected chi connectivity index (χ2v) is 4.78. The topological polar surface area (TPSA) is 18.5 Å². The van der Waals surface area contributed by atoms with Crippen LogP contribution < -0.4 is 9.47 Å². The van der Waals surface area contributed by atoms with E-state index in [0.717, 1.165) is 30.1 Å². The molecule has 2 aromatic rings. The largest absolute Gasteiger partial charge is 0.490 e. The molecule has 0 radical (unpaired) electrons. The van der Waals surface area contributed by atoms with Crippen LogP contribution in [0.4, 0.5) is 0 Å². The zero-order valence-corrected chi connectivity index (χ0v) is 12.0. The van der Waals surface area contributed by atoms with Crippen LogP contribution in [-0.2, 0) is 6.61 Å². The molecular formula is C18H22O2. The van der Waals surface area contributed by atoms with Gasteiger partial charge in [-0.15, -0.1) is 0 Å². The third kappa shape index (κ3) is 4.61. The average Bonchev–Trinajstić information content (AvgIpc) is 2.51. The molecule has 0 aliphatic rings. The molecule has 2 rings (SSSR count). The third-order valence-corrected chi connectivity index (χ3v) is 3.09. The van der Waals surface area contributed by atoms with Crippen molar-refractivity contribution in [3.05, 3.63) is 60.2 Å². The van der Waals surface area contributed by atoms with Crippen LogP contribution in [0.5, 0.6) is 11.5 Å². The minimum Gasteiger partial charge on any atom is -0.490 e. The molecule has 0 amide bonds. The van der Waals surface area contributed by atoms with Gasteiger partial charge in [-0.05, 0) is 24.1 Å². The summed E-state index contributed by atoms with van der Waals surface area (Å²) in [6, 6.07) is 18.0. The van der Waals surface area contributed by atoms with Crippen molar-refractivity contribution in [3.8, 4) is 11.5 Å².